The molecule has 0 bridgehead atoms. The fourth-order valence-corrected chi connectivity index (χ4v) is 2.81. The van der Waals surface area contributed by atoms with Gasteiger partial charge in [0.15, 0.2) is 12.3 Å². The van der Waals surface area contributed by atoms with Gasteiger partial charge in [-0.1, -0.05) is 6.92 Å². The number of rotatable bonds is 4. The molecule has 0 aliphatic carbocycles. The van der Waals surface area contributed by atoms with Crippen molar-refractivity contribution in [3.05, 3.63) is 31.5 Å². The first kappa shape index (κ1) is 16.9. The maximum Gasteiger partial charge on any atom is 0.330 e. The predicted molar refractivity (Wildman–Crippen MR) is 79.6 cm³/mol. The van der Waals surface area contributed by atoms with Crippen molar-refractivity contribution < 1.29 is 19.0 Å². The topological polar surface area (TPSA) is 99.6 Å². The highest BCUT2D eigenvalue weighted by molar-refractivity contribution is 9.10. The van der Waals surface area contributed by atoms with Gasteiger partial charge in [-0.3, -0.25) is 19.1 Å². The third-order valence-corrected chi connectivity index (χ3v) is 4.03. The van der Waals surface area contributed by atoms with Crippen molar-refractivity contribution in [2.24, 2.45) is 0 Å². The third-order valence-electron chi connectivity index (χ3n) is 3.46. The van der Waals surface area contributed by atoms with Gasteiger partial charge in [-0.05, 0) is 22.4 Å². The first-order chi connectivity index (χ1) is 10.4. The number of carbonyl (C=O) groups is 1. The van der Waals surface area contributed by atoms with Gasteiger partial charge < -0.3 is 14.2 Å². The zero-order valence-corrected chi connectivity index (χ0v) is 14.0. The molecule has 0 amide bonds. The van der Waals surface area contributed by atoms with E-state index in [1.807, 2.05) is 6.92 Å². The van der Waals surface area contributed by atoms with Crippen LogP contribution >= 0.6 is 15.9 Å². The van der Waals surface area contributed by atoms with Crippen LogP contribution in [0.1, 0.15) is 26.5 Å². The number of nitrogens with one attached hydrogen (secondary N) is 1. The Kier molecular flexibility index (Phi) is 5.20. The Bertz CT molecular complexity index is 669. The first-order valence-electron chi connectivity index (χ1n) is 6.75. The molecule has 1 unspecified atom stereocenters. The zero-order valence-electron chi connectivity index (χ0n) is 12.4. The van der Waals surface area contributed by atoms with E-state index in [0.29, 0.717) is 6.42 Å². The molecule has 9 heteroatoms. The Morgan fingerprint density at radius 2 is 2.14 bits per heavy atom. The molecule has 1 aromatic heterocycles. The molecule has 1 fully saturated rings. The highest BCUT2D eigenvalue weighted by Gasteiger charge is 2.47. The van der Waals surface area contributed by atoms with Crippen LogP contribution in [0.3, 0.4) is 0 Å². The summed E-state index contributed by atoms with van der Waals surface area (Å²) in [6, 6.07) is 0. The average Bonchev–Trinajstić information content (AvgIpc) is 2.79. The van der Waals surface area contributed by atoms with Crippen LogP contribution in [0.2, 0.25) is 0 Å². The monoisotopic (exact) mass is 376 g/mol. The Morgan fingerprint density at radius 3 is 2.68 bits per heavy atom. The first-order valence-corrected chi connectivity index (χ1v) is 7.54. The van der Waals surface area contributed by atoms with E-state index in [2.05, 4.69) is 20.9 Å². The number of carbonyl (C=O) groups excluding carboxylic acids is 1. The van der Waals surface area contributed by atoms with Gasteiger partial charge in [-0.2, -0.15) is 0 Å². The van der Waals surface area contributed by atoms with E-state index in [1.54, 1.807) is 0 Å². The summed E-state index contributed by atoms with van der Waals surface area (Å²) in [6.45, 7) is 3.18. The van der Waals surface area contributed by atoms with Gasteiger partial charge in [0.1, 0.15) is 6.10 Å². The van der Waals surface area contributed by atoms with Crippen molar-refractivity contribution in [2.75, 3.05) is 7.11 Å². The molecular formula is C13H17BrN2O6. The second kappa shape index (κ2) is 6.76. The molecule has 2 rings (SSSR count). The van der Waals surface area contributed by atoms with Gasteiger partial charge in [0.25, 0.3) is 5.56 Å². The quantitative estimate of drug-likeness (QED) is 0.770. The average molecular weight is 377 g/mol. The molecule has 0 radical (unpaired) electrons. The van der Waals surface area contributed by atoms with E-state index >= 15 is 0 Å². The number of nitrogens with zero attached hydrogens (tertiary/aromatic N) is 1. The van der Waals surface area contributed by atoms with Gasteiger partial charge in [0, 0.05) is 20.2 Å². The number of halogens is 1. The summed E-state index contributed by atoms with van der Waals surface area (Å²) in [5.74, 6) is -0.454. The van der Waals surface area contributed by atoms with E-state index in [0.717, 1.165) is 0 Å². The lowest BCUT2D eigenvalue weighted by molar-refractivity contribution is -0.153. The molecular weight excluding hydrogens is 360 g/mol. The second-order valence-electron chi connectivity index (χ2n) is 4.89. The van der Waals surface area contributed by atoms with Crippen molar-refractivity contribution >= 4 is 21.9 Å². The van der Waals surface area contributed by atoms with E-state index in [4.69, 9.17) is 14.2 Å². The zero-order chi connectivity index (χ0) is 16.4. The molecule has 1 aromatic rings. The van der Waals surface area contributed by atoms with Crippen LogP contribution in [-0.2, 0) is 19.0 Å². The second-order valence-corrected chi connectivity index (χ2v) is 5.75. The number of hydrogen-bond donors (Lipinski definition) is 1. The predicted octanol–water partition coefficient (Wildman–Crippen LogP) is 0.553. The number of esters is 1. The fraction of sp³-hybridized carbons (Fsp3) is 0.615. The van der Waals surface area contributed by atoms with Crippen molar-refractivity contribution in [1.29, 1.82) is 0 Å². The van der Waals surface area contributed by atoms with E-state index < -0.39 is 41.8 Å². The highest BCUT2D eigenvalue weighted by Crippen LogP contribution is 2.34. The summed E-state index contributed by atoms with van der Waals surface area (Å²) in [5.41, 5.74) is -1.16. The molecule has 0 aromatic carbocycles. The van der Waals surface area contributed by atoms with Crippen molar-refractivity contribution in [2.45, 2.75) is 44.8 Å². The van der Waals surface area contributed by atoms with E-state index in [9.17, 15) is 14.4 Å². The number of aromatic nitrogens is 2. The largest absolute Gasteiger partial charge is 0.457 e. The molecule has 4 atom stereocenters. The van der Waals surface area contributed by atoms with Crippen LogP contribution in [0.25, 0.3) is 0 Å². The molecule has 0 saturated carbocycles. The maximum atomic E-state index is 12.0. The minimum atomic E-state index is -0.806. The van der Waals surface area contributed by atoms with Crippen LogP contribution < -0.4 is 11.2 Å². The summed E-state index contributed by atoms with van der Waals surface area (Å²) in [6.07, 6.45) is -0.593. The van der Waals surface area contributed by atoms with Gasteiger partial charge in [0.05, 0.1) is 10.6 Å². The van der Waals surface area contributed by atoms with Gasteiger partial charge in [-0.15, -0.1) is 0 Å². The number of aromatic amines is 1. The number of H-pyrrole nitrogens is 1. The Morgan fingerprint density at radius 1 is 1.45 bits per heavy atom. The third kappa shape index (κ3) is 3.16. The normalized spacial score (nSPS) is 27.8. The lowest BCUT2D eigenvalue weighted by Crippen LogP contribution is -2.40. The van der Waals surface area contributed by atoms with Crippen molar-refractivity contribution in [1.82, 2.24) is 9.55 Å². The van der Waals surface area contributed by atoms with Gasteiger partial charge in [-0.25, -0.2) is 4.79 Å². The van der Waals surface area contributed by atoms with Crippen LogP contribution in [0.4, 0.5) is 0 Å². The Hall–Kier alpha value is -1.45. The Balaban J connectivity index is 2.43. The summed E-state index contributed by atoms with van der Waals surface area (Å²) >= 11 is 3.07. The molecule has 1 aliphatic heterocycles. The maximum absolute atomic E-state index is 12.0. The fourth-order valence-electron chi connectivity index (χ4n) is 2.50. The summed E-state index contributed by atoms with van der Waals surface area (Å²) in [5, 5.41) is 0. The summed E-state index contributed by atoms with van der Waals surface area (Å²) < 4.78 is 17.9. The lowest BCUT2D eigenvalue weighted by atomic mass is 10.1. The van der Waals surface area contributed by atoms with Crippen molar-refractivity contribution in [3.8, 4) is 0 Å². The van der Waals surface area contributed by atoms with Crippen LogP contribution in [0.5, 0.6) is 0 Å². The van der Waals surface area contributed by atoms with Crippen LogP contribution in [0, 0.1) is 0 Å². The minimum Gasteiger partial charge on any atom is -0.457 e. The Labute approximate surface area is 134 Å². The van der Waals surface area contributed by atoms with Crippen molar-refractivity contribution in [3.63, 3.8) is 0 Å². The number of hydrogen-bond acceptors (Lipinski definition) is 6. The van der Waals surface area contributed by atoms with Gasteiger partial charge >= 0.3 is 11.7 Å². The smallest absolute Gasteiger partial charge is 0.330 e. The summed E-state index contributed by atoms with van der Waals surface area (Å²) in [4.78, 5) is 36.9. The molecule has 122 valence electrons. The van der Waals surface area contributed by atoms with Crippen LogP contribution in [-0.4, -0.2) is 40.9 Å². The SMILES string of the molecule is CC[C@H]1O[C@@H](n2cc(Br)c(=O)[nH]c2=O)C(OC)[C@H]1OC(C)=O. The highest BCUT2D eigenvalue weighted by atomic mass is 79.9. The number of ether oxygens (including phenoxy) is 3. The standard InChI is InChI=1S/C13H17BrN2O6/c1-4-8-9(21-6(2)17)10(20-3)12(22-8)16-5-7(14)11(18)15-13(16)19/h5,8-10,12H,4H2,1-3H3,(H,15,18,19)/t8-,9+,10?,12-/m1/s1. The molecule has 22 heavy (non-hydrogen) atoms. The molecule has 1 N–H and O–H groups in total. The molecule has 2 heterocycles. The lowest BCUT2D eigenvalue weighted by Gasteiger charge is -2.22. The van der Waals surface area contributed by atoms with E-state index in [-0.39, 0.29) is 4.47 Å². The van der Waals surface area contributed by atoms with Gasteiger partial charge in [0.2, 0.25) is 0 Å². The van der Waals surface area contributed by atoms with Crippen LogP contribution in [0.15, 0.2) is 20.3 Å². The summed E-state index contributed by atoms with van der Waals surface area (Å²) in [7, 11) is 1.45. The molecule has 8 nitrogen and oxygen atoms in total. The number of methoxy groups -OCH3 is 1. The minimum absolute atomic E-state index is 0.189. The molecule has 1 saturated heterocycles. The van der Waals surface area contributed by atoms with E-state index in [1.165, 1.54) is 24.8 Å². The molecule has 0 spiro atoms. The molecule has 1 aliphatic rings.